The quantitative estimate of drug-likeness (QED) is 0.704. The van der Waals surface area contributed by atoms with Gasteiger partial charge in [-0.15, -0.1) is 23.1 Å². The third-order valence-electron chi connectivity index (χ3n) is 4.23. The molecule has 1 N–H and O–H groups in total. The lowest BCUT2D eigenvalue weighted by Gasteiger charge is -2.28. The Morgan fingerprint density at radius 2 is 2.04 bits per heavy atom. The fourth-order valence-electron chi connectivity index (χ4n) is 2.93. The maximum Gasteiger partial charge on any atom is 0.265 e. The highest BCUT2D eigenvalue weighted by atomic mass is 32.2. The lowest BCUT2D eigenvalue weighted by Crippen LogP contribution is -2.45. The summed E-state index contributed by atoms with van der Waals surface area (Å²) in [4.78, 5) is 28.1. The molecule has 1 aliphatic rings. The summed E-state index contributed by atoms with van der Waals surface area (Å²) < 4.78 is 19.1. The smallest absolute Gasteiger partial charge is 0.265 e. The molecule has 0 aliphatic carbocycles. The van der Waals surface area contributed by atoms with E-state index in [1.54, 1.807) is 41.5 Å². The molecular formula is C19H15FN2O3S2. The normalized spacial score (nSPS) is 19.2. The molecule has 4 rings (SSSR count). The molecule has 0 bridgehead atoms. The molecule has 0 spiro atoms. The largest absolute Gasteiger partial charge is 0.472 e. The van der Waals surface area contributed by atoms with Crippen molar-refractivity contribution < 1.29 is 18.4 Å². The van der Waals surface area contributed by atoms with E-state index in [2.05, 4.69) is 5.32 Å². The fourth-order valence-corrected chi connectivity index (χ4v) is 5.01. The van der Waals surface area contributed by atoms with E-state index < -0.39 is 17.8 Å². The van der Waals surface area contributed by atoms with Crippen LogP contribution >= 0.6 is 23.1 Å². The maximum absolute atomic E-state index is 13.9. The van der Waals surface area contributed by atoms with Crippen molar-refractivity contribution in [3.8, 4) is 0 Å². The number of thioether (sulfide) groups is 1. The zero-order valence-corrected chi connectivity index (χ0v) is 15.6. The van der Waals surface area contributed by atoms with Gasteiger partial charge in [0.1, 0.15) is 17.2 Å². The summed E-state index contributed by atoms with van der Waals surface area (Å²) >= 11 is 2.80. The molecule has 2 unspecified atom stereocenters. The second-order valence-corrected chi connectivity index (χ2v) is 7.98. The molecule has 1 aromatic carbocycles. The first kappa shape index (κ1) is 17.8. The highest BCUT2D eigenvalue weighted by Gasteiger charge is 2.43. The van der Waals surface area contributed by atoms with Gasteiger partial charge in [-0.1, -0.05) is 18.2 Å². The average Bonchev–Trinajstić information content (AvgIpc) is 3.42. The Morgan fingerprint density at radius 1 is 1.19 bits per heavy atom. The summed E-state index contributed by atoms with van der Waals surface area (Å²) in [5.41, 5.74) is 0.911. The van der Waals surface area contributed by atoms with Crippen LogP contribution in [0.4, 0.5) is 10.1 Å². The van der Waals surface area contributed by atoms with E-state index in [0.717, 1.165) is 5.56 Å². The third-order valence-corrected chi connectivity index (χ3v) is 6.41. The minimum atomic E-state index is -0.718. The van der Waals surface area contributed by atoms with Gasteiger partial charge in [0.2, 0.25) is 5.91 Å². The number of hydrogen-bond donors (Lipinski definition) is 1. The van der Waals surface area contributed by atoms with E-state index in [9.17, 15) is 14.0 Å². The number of hydrogen-bond acceptors (Lipinski definition) is 5. The van der Waals surface area contributed by atoms with Gasteiger partial charge in [-0.25, -0.2) is 4.39 Å². The summed E-state index contributed by atoms with van der Waals surface area (Å²) in [6.45, 7) is 0. The molecule has 2 amide bonds. The van der Waals surface area contributed by atoms with Crippen LogP contribution in [-0.4, -0.2) is 28.5 Å². The van der Waals surface area contributed by atoms with Crippen LogP contribution < -0.4 is 5.32 Å². The number of halogens is 1. The van der Waals surface area contributed by atoms with Crippen LogP contribution in [0.2, 0.25) is 0 Å². The molecule has 2 atom stereocenters. The Kier molecular flexibility index (Phi) is 5.00. The van der Waals surface area contributed by atoms with Crippen LogP contribution in [0.15, 0.2) is 64.8 Å². The molecule has 138 valence electrons. The number of para-hydroxylation sites is 1. The SMILES string of the molecule is O=C(Nc1ccccc1F)C1CSC(c2ccoc2)N1C(=O)c1cccs1. The van der Waals surface area contributed by atoms with Crippen LogP contribution in [-0.2, 0) is 4.79 Å². The zero-order valence-electron chi connectivity index (χ0n) is 14.0. The molecule has 1 aliphatic heterocycles. The number of rotatable bonds is 4. The predicted molar refractivity (Wildman–Crippen MR) is 103 cm³/mol. The Morgan fingerprint density at radius 3 is 2.74 bits per heavy atom. The molecular weight excluding hydrogens is 387 g/mol. The Bertz CT molecular complexity index is 944. The topological polar surface area (TPSA) is 62.6 Å². The van der Waals surface area contributed by atoms with E-state index in [0.29, 0.717) is 10.6 Å². The lowest BCUT2D eigenvalue weighted by atomic mass is 10.2. The highest BCUT2D eigenvalue weighted by molar-refractivity contribution is 7.99. The first-order chi connectivity index (χ1) is 13.1. The van der Waals surface area contributed by atoms with Gasteiger partial charge in [-0.3, -0.25) is 9.59 Å². The zero-order chi connectivity index (χ0) is 18.8. The molecule has 0 saturated carbocycles. The average molecular weight is 402 g/mol. The molecule has 2 aromatic heterocycles. The van der Waals surface area contributed by atoms with Crippen molar-refractivity contribution in [3.05, 3.63) is 76.6 Å². The Hall–Kier alpha value is -2.58. The van der Waals surface area contributed by atoms with Gasteiger partial charge in [0, 0.05) is 11.3 Å². The van der Waals surface area contributed by atoms with Crippen molar-refractivity contribution in [1.29, 1.82) is 0 Å². The van der Waals surface area contributed by atoms with E-state index >= 15 is 0 Å². The number of carbonyl (C=O) groups excluding carboxylic acids is 2. The number of carbonyl (C=O) groups is 2. The molecule has 1 fully saturated rings. The number of thiophene rings is 1. The molecule has 3 heterocycles. The predicted octanol–water partition coefficient (Wildman–Crippen LogP) is 4.38. The summed E-state index contributed by atoms with van der Waals surface area (Å²) in [5.74, 6) is -0.745. The van der Waals surface area contributed by atoms with Crippen LogP contribution in [0.3, 0.4) is 0 Å². The van der Waals surface area contributed by atoms with E-state index in [-0.39, 0.29) is 17.0 Å². The first-order valence-electron chi connectivity index (χ1n) is 8.20. The summed E-state index contributed by atoms with van der Waals surface area (Å²) in [7, 11) is 0. The molecule has 27 heavy (non-hydrogen) atoms. The second kappa shape index (κ2) is 7.58. The molecule has 8 heteroatoms. The monoisotopic (exact) mass is 402 g/mol. The van der Waals surface area contributed by atoms with Crippen molar-refractivity contribution >= 4 is 40.6 Å². The lowest BCUT2D eigenvalue weighted by molar-refractivity contribution is -0.119. The number of benzene rings is 1. The van der Waals surface area contributed by atoms with Gasteiger partial charge in [0.05, 0.1) is 23.1 Å². The number of nitrogens with one attached hydrogen (secondary N) is 1. The standard InChI is InChI=1S/C19H15FN2O3S2/c20-13-4-1-2-5-14(13)21-17(23)15-11-27-19(12-7-8-25-10-12)22(15)18(24)16-6-3-9-26-16/h1-10,15,19H,11H2,(H,21,23). The van der Waals surface area contributed by atoms with Crippen molar-refractivity contribution in [2.24, 2.45) is 0 Å². The summed E-state index contributed by atoms with van der Waals surface area (Å²) in [6, 6.07) is 10.6. The van der Waals surface area contributed by atoms with Crippen LogP contribution in [0.1, 0.15) is 20.6 Å². The van der Waals surface area contributed by atoms with Gasteiger partial charge in [0.25, 0.3) is 5.91 Å². The van der Waals surface area contributed by atoms with E-state index in [1.165, 1.54) is 41.5 Å². The molecule has 5 nitrogen and oxygen atoms in total. The fraction of sp³-hybridized carbons (Fsp3) is 0.158. The van der Waals surface area contributed by atoms with Crippen LogP contribution in [0.5, 0.6) is 0 Å². The first-order valence-corrected chi connectivity index (χ1v) is 10.1. The maximum atomic E-state index is 13.9. The molecule has 1 saturated heterocycles. The number of amides is 2. The Labute approximate surface area is 163 Å². The summed E-state index contributed by atoms with van der Waals surface area (Å²) in [5, 5.41) is 4.09. The third kappa shape index (κ3) is 3.50. The van der Waals surface area contributed by atoms with Gasteiger partial charge < -0.3 is 14.6 Å². The number of anilines is 1. The van der Waals surface area contributed by atoms with Crippen molar-refractivity contribution in [1.82, 2.24) is 4.90 Å². The van der Waals surface area contributed by atoms with Crippen LogP contribution in [0, 0.1) is 5.82 Å². The highest BCUT2D eigenvalue weighted by Crippen LogP contribution is 2.43. The van der Waals surface area contributed by atoms with Gasteiger partial charge in [-0.05, 0) is 29.6 Å². The number of furan rings is 1. The van der Waals surface area contributed by atoms with Crippen molar-refractivity contribution in [2.75, 3.05) is 11.1 Å². The molecule has 3 aromatic rings. The second-order valence-electron chi connectivity index (χ2n) is 5.92. The van der Waals surface area contributed by atoms with Crippen molar-refractivity contribution in [2.45, 2.75) is 11.4 Å². The van der Waals surface area contributed by atoms with Gasteiger partial charge in [0.15, 0.2) is 0 Å². The summed E-state index contributed by atoms with van der Waals surface area (Å²) in [6.07, 6.45) is 3.11. The van der Waals surface area contributed by atoms with Gasteiger partial charge >= 0.3 is 0 Å². The number of nitrogens with zero attached hydrogens (tertiary/aromatic N) is 1. The van der Waals surface area contributed by atoms with E-state index in [1.807, 2.05) is 5.38 Å². The van der Waals surface area contributed by atoms with Crippen LogP contribution in [0.25, 0.3) is 0 Å². The Balaban J connectivity index is 1.63. The minimum absolute atomic E-state index is 0.0998. The van der Waals surface area contributed by atoms with Crippen molar-refractivity contribution in [3.63, 3.8) is 0 Å². The molecule has 0 radical (unpaired) electrons. The minimum Gasteiger partial charge on any atom is -0.472 e. The van der Waals surface area contributed by atoms with Gasteiger partial charge in [-0.2, -0.15) is 0 Å². The van der Waals surface area contributed by atoms with E-state index in [4.69, 9.17) is 4.42 Å².